The third-order valence-electron chi connectivity index (χ3n) is 0.288. The summed E-state index contributed by atoms with van der Waals surface area (Å²) in [6.07, 6.45) is 0. The van der Waals surface area contributed by atoms with Gasteiger partial charge >= 0.3 is 26.2 Å². The monoisotopic (exact) mass is 337 g/mol. The van der Waals surface area contributed by atoms with Crippen molar-refractivity contribution in [3.63, 3.8) is 0 Å². The molecule has 0 aromatic rings. The Hall–Kier alpha value is 0.00312. The summed E-state index contributed by atoms with van der Waals surface area (Å²) in [6, 6.07) is 0. The van der Waals surface area contributed by atoms with Gasteiger partial charge in [0, 0.05) is 0 Å². The van der Waals surface area contributed by atoms with E-state index >= 15 is 0 Å². The molecule has 0 fully saturated rings. The van der Waals surface area contributed by atoms with Crippen LogP contribution in [0.3, 0.4) is 0 Å². The SMILES string of the molecule is O.O=[N+]([O-])OCCO.[BiH3]. The van der Waals surface area contributed by atoms with Crippen LogP contribution in [0.15, 0.2) is 0 Å². The Morgan fingerprint density at radius 2 is 2.11 bits per heavy atom. The minimum absolute atomic E-state index is 0. The predicted molar refractivity (Wildman–Crippen MR) is 33.6 cm³/mol. The topological polar surface area (TPSA) is 104 Å². The van der Waals surface area contributed by atoms with Gasteiger partial charge < -0.3 is 15.4 Å². The number of nitrogens with zero attached hydrogens (tertiary/aromatic N) is 1. The van der Waals surface area contributed by atoms with E-state index in [2.05, 4.69) is 4.84 Å². The summed E-state index contributed by atoms with van der Waals surface area (Å²) in [5.41, 5.74) is 0. The molecule has 0 amide bonds. The first-order valence-electron chi connectivity index (χ1n) is 1.65. The second-order valence-electron chi connectivity index (χ2n) is 0.780. The van der Waals surface area contributed by atoms with Crippen molar-refractivity contribution in [2.45, 2.75) is 0 Å². The van der Waals surface area contributed by atoms with Gasteiger partial charge in [-0.05, 0) is 0 Å². The van der Waals surface area contributed by atoms with Gasteiger partial charge in [-0.2, -0.15) is 0 Å². The van der Waals surface area contributed by atoms with E-state index in [1.165, 1.54) is 0 Å². The third-order valence-corrected chi connectivity index (χ3v) is 0.288. The van der Waals surface area contributed by atoms with Crippen LogP contribution in [0.5, 0.6) is 0 Å². The van der Waals surface area contributed by atoms with Gasteiger partial charge in [0.2, 0.25) is 0 Å². The number of aliphatic hydroxyl groups is 1. The molecular weight excluding hydrogens is 327 g/mol. The zero-order valence-electron chi connectivity index (χ0n) is 4.74. The summed E-state index contributed by atoms with van der Waals surface area (Å²) < 4.78 is 0. The molecule has 0 unspecified atom stereocenters. The van der Waals surface area contributed by atoms with Crippen LogP contribution in [-0.4, -0.2) is 55.1 Å². The molecule has 0 rings (SSSR count). The fraction of sp³-hybridized carbons (Fsp3) is 1.00. The Balaban J connectivity index is -0.000000180. The Bertz CT molecular complexity index is 68.0. The molecule has 0 spiro atoms. The van der Waals surface area contributed by atoms with Crippen LogP contribution in [0.25, 0.3) is 0 Å². The van der Waals surface area contributed by atoms with E-state index in [9.17, 15) is 10.1 Å². The van der Waals surface area contributed by atoms with E-state index in [4.69, 9.17) is 5.11 Å². The van der Waals surface area contributed by atoms with Crippen molar-refractivity contribution in [2.24, 2.45) is 0 Å². The van der Waals surface area contributed by atoms with Crippen LogP contribution in [-0.2, 0) is 4.84 Å². The van der Waals surface area contributed by atoms with Gasteiger partial charge in [-0.1, -0.05) is 0 Å². The summed E-state index contributed by atoms with van der Waals surface area (Å²) in [5, 5.41) is 16.2. The molecule has 0 heterocycles. The minimum atomic E-state index is -0.948. The van der Waals surface area contributed by atoms with Gasteiger partial charge in [-0.3, -0.25) is 0 Å². The van der Waals surface area contributed by atoms with Crippen molar-refractivity contribution in [3.05, 3.63) is 10.1 Å². The van der Waals surface area contributed by atoms with E-state index in [0.29, 0.717) is 0 Å². The number of hydrogen-bond acceptors (Lipinski definition) is 4. The fourth-order valence-electron chi connectivity index (χ4n) is 0.115. The van der Waals surface area contributed by atoms with Crippen LogP contribution in [0.1, 0.15) is 0 Å². The van der Waals surface area contributed by atoms with Crippen molar-refractivity contribution in [3.8, 4) is 0 Å². The standard InChI is InChI=1S/C2H5NO4.Bi.H2O.3H/c4-1-2-7-3(5)6;;;;;/h4H,1-2H2;;1H2;;;. The Morgan fingerprint density at radius 1 is 1.67 bits per heavy atom. The average Bonchev–Trinajstić information content (AvgIpc) is 1.61. The molecule has 6 nitrogen and oxygen atoms in total. The molecule has 0 bridgehead atoms. The summed E-state index contributed by atoms with van der Waals surface area (Å²) >= 11 is 0. The first-order valence-corrected chi connectivity index (χ1v) is 1.65. The zero-order valence-corrected chi connectivity index (χ0v) is 10.2. The molecule has 0 aliphatic heterocycles. The molecule has 9 heavy (non-hydrogen) atoms. The maximum atomic E-state index is 9.23. The van der Waals surface area contributed by atoms with E-state index in [1.807, 2.05) is 0 Å². The van der Waals surface area contributed by atoms with E-state index < -0.39 is 5.09 Å². The molecule has 0 aliphatic carbocycles. The molecule has 7 heteroatoms. The van der Waals surface area contributed by atoms with Gasteiger partial charge in [0.05, 0.1) is 6.61 Å². The van der Waals surface area contributed by atoms with Gasteiger partial charge in [0.15, 0.2) is 0 Å². The van der Waals surface area contributed by atoms with Crippen LogP contribution < -0.4 is 0 Å². The molecule has 58 valence electrons. The van der Waals surface area contributed by atoms with Gasteiger partial charge in [0.25, 0.3) is 5.09 Å². The first kappa shape index (κ1) is 16.0. The Kier molecular flexibility index (Phi) is 19.4. The Morgan fingerprint density at radius 3 is 2.22 bits per heavy atom. The van der Waals surface area contributed by atoms with Crippen molar-refractivity contribution in [1.29, 1.82) is 0 Å². The molecule has 0 aromatic carbocycles. The van der Waals surface area contributed by atoms with Gasteiger partial charge in [-0.25, -0.2) is 0 Å². The van der Waals surface area contributed by atoms with Crippen LogP contribution in [0, 0.1) is 10.1 Å². The van der Waals surface area contributed by atoms with Crippen LogP contribution >= 0.6 is 0 Å². The molecule has 0 atom stereocenters. The molecule has 0 saturated carbocycles. The fourth-order valence-corrected chi connectivity index (χ4v) is 0.115. The summed E-state index contributed by atoms with van der Waals surface area (Å²) in [4.78, 5) is 12.9. The Labute approximate surface area is 70.3 Å². The summed E-state index contributed by atoms with van der Waals surface area (Å²) in [5.74, 6) is 0. The molecule has 0 aliphatic rings. The van der Waals surface area contributed by atoms with Crippen molar-refractivity contribution < 1.29 is 20.5 Å². The quantitative estimate of drug-likeness (QED) is 0.341. The molecular formula is C2H10BiNO5. The molecule has 0 radical (unpaired) electrons. The van der Waals surface area contributed by atoms with E-state index in [1.54, 1.807) is 0 Å². The second-order valence-corrected chi connectivity index (χ2v) is 0.780. The van der Waals surface area contributed by atoms with Crippen molar-refractivity contribution >= 4 is 26.2 Å². The van der Waals surface area contributed by atoms with E-state index in [0.717, 1.165) is 0 Å². The predicted octanol–water partition coefficient (Wildman–Crippen LogP) is -2.82. The summed E-state index contributed by atoms with van der Waals surface area (Å²) in [6.45, 7) is -0.562. The van der Waals surface area contributed by atoms with Crippen molar-refractivity contribution in [2.75, 3.05) is 13.2 Å². The third kappa shape index (κ3) is 18.0. The molecule has 3 N–H and O–H groups in total. The van der Waals surface area contributed by atoms with Gasteiger partial charge in [0.1, 0.15) is 6.61 Å². The number of hydrogen-bond donors (Lipinski definition) is 1. The zero-order chi connectivity index (χ0) is 5.70. The van der Waals surface area contributed by atoms with Crippen LogP contribution in [0.4, 0.5) is 0 Å². The number of aliphatic hydroxyl groups excluding tert-OH is 1. The molecule has 0 saturated heterocycles. The van der Waals surface area contributed by atoms with E-state index in [-0.39, 0.29) is 44.9 Å². The summed E-state index contributed by atoms with van der Waals surface area (Å²) in [7, 11) is 0. The van der Waals surface area contributed by atoms with Gasteiger partial charge in [-0.15, -0.1) is 10.1 Å². The maximum absolute atomic E-state index is 9.23. The first-order chi connectivity index (χ1) is 3.27. The number of rotatable bonds is 3. The normalized spacial score (nSPS) is 6.33. The van der Waals surface area contributed by atoms with Crippen LogP contribution in [0.2, 0.25) is 0 Å². The molecule has 0 aromatic heterocycles. The average molecular weight is 337 g/mol. The second kappa shape index (κ2) is 10.9. The van der Waals surface area contributed by atoms with Crippen molar-refractivity contribution in [1.82, 2.24) is 0 Å².